The number of fused-ring (bicyclic) bond motifs is 1. The van der Waals surface area contributed by atoms with Gasteiger partial charge < -0.3 is 5.11 Å². The molecule has 0 saturated carbocycles. The van der Waals surface area contributed by atoms with E-state index in [0.717, 1.165) is 37.7 Å². The molecule has 2 atom stereocenters. The first-order chi connectivity index (χ1) is 11.0. The van der Waals surface area contributed by atoms with Gasteiger partial charge in [-0.3, -0.25) is 19.5 Å². The molecule has 0 aromatic carbocycles. The van der Waals surface area contributed by atoms with E-state index in [-0.39, 0.29) is 5.92 Å². The van der Waals surface area contributed by atoms with Gasteiger partial charge in [-0.1, -0.05) is 0 Å². The first-order valence-electron chi connectivity index (χ1n) is 8.34. The van der Waals surface area contributed by atoms with Crippen molar-refractivity contribution in [3.8, 4) is 0 Å². The van der Waals surface area contributed by atoms with Crippen molar-refractivity contribution in [3.63, 3.8) is 0 Å². The van der Waals surface area contributed by atoms with E-state index >= 15 is 0 Å². The minimum Gasteiger partial charge on any atom is -0.481 e. The molecule has 2 aliphatic rings. The van der Waals surface area contributed by atoms with Gasteiger partial charge in [-0.15, -0.1) is 11.3 Å². The van der Waals surface area contributed by atoms with Crippen LogP contribution in [-0.4, -0.2) is 82.1 Å². The number of carboxylic acid groups (broad SMARTS) is 1. The average Bonchev–Trinajstić information content (AvgIpc) is 2.92. The van der Waals surface area contributed by atoms with Crippen molar-refractivity contribution in [1.82, 2.24) is 19.7 Å². The monoisotopic (exact) mass is 338 g/mol. The number of aliphatic carboxylic acids is 1. The van der Waals surface area contributed by atoms with Crippen LogP contribution in [-0.2, 0) is 11.3 Å². The molecule has 2 fully saturated rings. The lowest BCUT2D eigenvalue weighted by Gasteiger charge is -2.41. The molecule has 0 bridgehead atoms. The summed E-state index contributed by atoms with van der Waals surface area (Å²) in [6, 6.07) is 0.793. The largest absolute Gasteiger partial charge is 0.481 e. The third-order valence-electron chi connectivity index (χ3n) is 4.97. The maximum absolute atomic E-state index is 11.6. The Morgan fingerprint density at radius 1 is 1.35 bits per heavy atom. The zero-order chi connectivity index (χ0) is 16.4. The number of aromatic nitrogens is 1. The summed E-state index contributed by atoms with van der Waals surface area (Å²) in [5.74, 6) is -0.950. The molecule has 0 radical (unpaired) electrons. The Kier molecular flexibility index (Phi) is 5.31. The van der Waals surface area contributed by atoms with Crippen LogP contribution in [0, 0.1) is 5.92 Å². The molecule has 7 heteroatoms. The van der Waals surface area contributed by atoms with Gasteiger partial charge in [0.2, 0.25) is 0 Å². The van der Waals surface area contributed by atoms with E-state index in [1.54, 1.807) is 11.3 Å². The van der Waals surface area contributed by atoms with E-state index in [0.29, 0.717) is 25.2 Å². The van der Waals surface area contributed by atoms with Crippen LogP contribution < -0.4 is 0 Å². The highest BCUT2D eigenvalue weighted by Gasteiger charge is 2.36. The number of piperazine rings is 1. The molecule has 0 aliphatic carbocycles. The first kappa shape index (κ1) is 16.8. The van der Waals surface area contributed by atoms with Gasteiger partial charge in [0.1, 0.15) is 5.01 Å². The summed E-state index contributed by atoms with van der Waals surface area (Å²) in [5.41, 5.74) is 0. The first-order valence-corrected chi connectivity index (χ1v) is 9.22. The van der Waals surface area contributed by atoms with Crippen LogP contribution in [0.25, 0.3) is 0 Å². The molecular weight excluding hydrogens is 312 g/mol. The Balaban J connectivity index is 1.68. The highest BCUT2D eigenvalue weighted by molar-refractivity contribution is 7.09. The molecule has 0 unspecified atom stereocenters. The fraction of sp³-hybridized carbons (Fsp3) is 0.750. The van der Waals surface area contributed by atoms with Crippen molar-refractivity contribution < 1.29 is 9.90 Å². The molecule has 2 aliphatic heterocycles. The normalized spacial score (nSPS) is 27.8. The molecule has 1 N–H and O–H groups in total. The molecule has 0 amide bonds. The molecule has 1 aromatic rings. The second-order valence-corrected chi connectivity index (χ2v) is 7.87. The Bertz CT molecular complexity index is 522. The summed E-state index contributed by atoms with van der Waals surface area (Å²) in [6.07, 6.45) is 1.86. The van der Waals surface area contributed by atoms with Gasteiger partial charge >= 0.3 is 5.97 Å². The quantitative estimate of drug-likeness (QED) is 0.886. The van der Waals surface area contributed by atoms with Gasteiger partial charge in [-0.2, -0.15) is 0 Å². The minimum absolute atomic E-state index is 0.284. The molecule has 0 spiro atoms. The summed E-state index contributed by atoms with van der Waals surface area (Å²) in [4.78, 5) is 23.1. The zero-order valence-corrected chi connectivity index (χ0v) is 14.7. The van der Waals surface area contributed by atoms with Gasteiger partial charge in [0.15, 0.2) is 0 Å². The lowest BCUT2D eigenvalue weighted by Crippen LogP contribution is -2.56. The predicted molar refractivity (Wildman–Crippen MR) is 90.6 cm³/mol. The smallest absolute Gasteiger partial charge is 0.309 e. The topological polar surface area (TPSA) is 59.9 Å². The summed E-state index contributed by atoms with van der Waals surface area (Å²) in [5, 5.41) is 12.7. The Morgan fingerprint density at radius 2 is 2.17 bits per heavy atom. The van der Waals surface area contributed by atoms with Crippen molar-refractivity contribution in [2.75, 3.05) is 39.3 Å². The Labute approximate surface area is 141 Å². The molecule has 1 aromatic heterocycles. The lowest BCUT2D eigenvalue weighted by molar-refractivity contribution is -0.142. The van der Waals surface area contributed by atoms with E-state index in [4.69, 9.17) is 0 Å². The molecule has 128 valence electrons. The summed E-state index contributed by atoms with van der Waals surface area (Å²) < 4.78 is 0. The van der Waals surface area contributed by atoms with Gasteiger partial charge in [-0.05, 0) is 13.8 Å². The van der Waals surface area contributed by atoms with Gasteiger partial charge in [0, 0.05) is 62.9 Å². The van der Waals surface area contributed by atoms with Gasteiger partial charge in [0.05, 0.1) is 12.5 Å². The number of hydrogen-bond acceptors (Lipinski definition) is 6. The van der Waals surface area contributed by atoms with Crippen LogP contribution in [0.1, 0.15) is 18.9 Å². The van der Waals surface area contributed by atoms with Crippen LogP contribution in [0.15, 0.2) is 11.6 Å². The lowest BCUT2D eigenvalue weighted by atomic mass is 10.1. The zero-order valence-electron chi connectivity index (χ0n) is 13.9. The van der Waals surface area contributed by atoms with Crippen molar-refractivity contribution in [1.29, 1.82) is 0 Å². The minimum atomic E-state index is -0.665. The van der Waals surface area contributed by atoms with E-state index in [2.05, 4.69) is 33.5 Å². The Hall–Kier alpha value is -1.02. The molecule has 2 saturated heterocycles. The second kappa shape index (κ2) is 7.25. The van der Waals surface area contributed by atoms with Crippen LogP contribution in [0.5, 0.6) is 0 Å². The molecule has 23 heavy (non-hydrogen) atoms. The van der Waals surface area contributed by atoms with Crippen molar-refractivity contribution in [3.05, 3.63) is 16.6 Å². The fourth-order valence-electron chi connectivity index (χ4n) is 3.58. The third kappa shape index (κ3) is 4.09. The van der Waals surface area contributed by atoms with E-state index < -0.39 is 5.97 Å². The third-order valence-corrected chi connectivity index (χ3v) is 5.73. The maximum atomic E-state index is 11.6. The van der Waals surface area contributed by atoms with Crippen molar-refractivity contribution in [2.24, 2.45) is 5.92 Å². The van der Waals surface area contributed by atoms with Gasteiger partial charge in [-0.25, -0.2) is 4.98 Å². The van der Waals surface area contributed by atoms with Crippen molar-refractivity contribution >= 4 is 17.3 Å². The van der Waals surface area contributed by atoms with Crippen LogP contribution in [0.2, 0.25) is 0 Å². The Morgan fingerprint density at radius 3 is 2.83 bits per heavy atom. The number of rotatable bonds is 4. The number of hydrogen-bond donors (Lipinski definition) is 1. The second-order valence-electron chi connectivity index (χ2n) is 6.89. The summed E-state index contributed by atoms with van der Waals surface area (Å²) in [7, 11) is 0. The van der Waals surface area contributed by atoms with Crippen LogP contribution >= 0.6 is 11.3 Å². The number of carbonyl (C=O) groups is 1. The molecule has 3 rings (SSSR count). The maximum Gasteiger partial charge on any atom is 0.309 e. The summed E-state index contributed by atoms with van der Waals surface area (Å²) >= 11 is 1.71. The van der Waals surface area contributed by atoms with Crippen LogP contribution in [0.3, 0.4) is 0 Å². The van der Waals surface area contributed by atoms with E-state index in [9.17, 15) is 9.90 Å². The van der Waals surface area contributed by atoms with E-state index in [1.807, 2.05) is 11.6 Å². The highest BCUT2D eigenvalue weighted by Crippen LogP contribution is 2.21. The number of thiazole rings is 1. The van der Waals surface area contributed by atoms with Gasteiger partial charge in [0.25, 0.3) is 0 Å². The number of nitrogens with zero attached hydrogens (tertiary/aromatic N) is 4. The summed E-state index contributed by atoms with van der Waals surface area (Å²) in [6.45, 7) is 10.4. The average molecular weight is 338 g/mol. The SMILES string of the molecule is CC(C)N1C[C@H](C(=O)O)CN2CCN(Cc3nccs3)C[C@H]2C1. The fourth-order valence-corrected chi connectivity index (χ4v) is 4.24. The molecule has 3 heterocycles. The highest BCUT2D eigenvalue weighted by atomic mass is 32.1. The van der Waals surface area contributed by atoms with Crippen LogP contribution in [0.4, 0.5) is 0 Å². The molecule has 6 nitrogen and oxygen atoms in total. The van der Waals surface area contributed by atoms with Crippen molar-refractivity contribution in [2.45, 2.75) is 32.5 Å². The predicted octanol–water partition coefficient (Wildman–Crippen LogP) is 1.05. The molecular formula is C16H26N4O2S. The van der Waals surface area contributed by atoms with E-state index in [1.165, 1.54) is 0 Å². The number of carboxylic acids is 1. The standard InChI is InChI=1S/C16H26N4O2S/c1-12(2)20-8-13(16(21)22)7-19-5-4-18(9-14(19)10-20)11-15-17-3-6-23-15/h3,6,12-14H,4-5,7-11H2,1-2H3,(H,21,22)/t13-,14+/m1/s1.